The number of benzene rings is 1. The van der Waals surface area contributed by atoms with Crippen LogP contribution in [0.4, 0.5) is 5.69 Å². The number of rotatable bonds is 6. The highest BCUT2D eigenvalue weighted by atomic mass is 32.2. The Balaban J connectivity index is 1.60. The molecule has 1 aliphatic carbocycles. The minimum absolute atomic E-state index is 0.0430. The molecule has 2 aromatic heterocycles. The van der Waals surface area contributed by atoms with Gasteiger partial charge in [-0.25, -0.2) is 9.97 Å². The normalized spacial score (nSPS) is 14.8. The standard InChI is InChI=1S/C23H27N3OS2/c1-4-18(21(27)26-17-11-7-5-9-15(17)14(2)3)28-22-20-16-10-6-8-12-19(16)29-23(20)25-13-24-22/h5,7,9,11,13-14,18H,4,6,8,10,12H2,1-3H3,(H,26,27). The zero-order chi connectivity index (χ0) is 20.4. The first-order chi connectivity index (χ1) is 14.1. The van der Waals surface area contributed by atoms with E-state index in [0.29, 0.717) is 5.92 Å². The first-order valence-corrected chi connectivity index (χ1v) is 12.1. The first kappa shape index (κ1) is 20.4. The fraction of sp³-hybridized carbons (Fsp3) is 0.435. The lowest BCUT2D eigenvalue weighted by atomic mass is 9.97. The van der Waals surface area contributed by atoms with Crippen molar-refractivity contribution in [2.75, 3.05) is 5.32 Å². The predicted molar refractivity (Wildman–Crippen MR) is 123 cm³/mol. The molecule has 6 heteroatoms. The minimum atomic E-state index is -0.188. The predicted octanol–water partition coefficient (Wildman–Crippen LogP) is 6.20. The van der Waals surface area contributed by atoms with Crippen molar-refractivity contribution in [3.8, 4) is 0 Å². The van der Waals surface area contributed by atoms with Gasteiger partial charge in [0.05, 0.1) is 5.25 Å². The third-order valence-corrected chi connectivity index (χ3v) is 8.04. The topological polar surface area (TPSA) is 54.9 Å². The molecule has 0 saturated carbocycles. The van der Waals surface area contributed by atoms with Gasteiger partial charge in [-0.3, -0.25) is 4.79 Å². The number of aryl methyl sites for hydroxylation is 2. The summed E-state index contributed by atoms with van der Waals surface area (Å²) in [5, 5.41) is 5.12. The number of para-hydroxylation sites is 1. The number of aromatic nitrogens is 2. The summed E-state index contributed by atoms with van der Waals surface area (Å²) < 4.78 is 0. The van der Waals surface area contributed by atoms with Crippen LogP contribution in [0, 0.1) is 0 Å². The second kappa shape index (κ2) is 8.84. The number of carbonyl (C=O) groups is 1. The molecule has 4 rings (SSSR count). The van der Waals surface area contributed by atoms with E-state index in [4.69, 9.17) is 0 Å². The van der Waals surface area contributed by atoms with Crippen molar-refractivity contribution in [2.45, 2.75) is 69.1 Å². The van der Waals surface area contributed by atoms with Gasteiger partial charge in [-0.2, -0.15) is 0 Å². The molecule has 2 heterocycles. The number of hydrogen-bond donors (Lipinski definition) is 1. The second-order valence-corrected chi connectivity index (χ2v) is 10.1. The van der Waals surface area contributed by atoms with Crippen LogP contribution < -0.4 is 5.32 Å². The molecule has 1 N–H and O–H groups in total. The van der Waals surface area contributed by atoms with Crippen LogP contribution in [0.25, 0.3) is 10.2 Å². The van der Waals surface area contributed by atoms with E-state index in [2.05, 4.69) is 42.1 Å². The SMILES string of the molecule is CCC(Sc1ncnc2sc3c(c12)CCCC3)C(=O)Nc1ccccc1C(C)C. The van der Waals surface area contributed by atoms with Crippen LogP contribution in [-0.4, -0.2) is 21.1 Å². The quantitative estimate of drug-likeness (QED) is 0.377. The molecular weight excluding hydrogens is 398 g/mol. The molecule has 1 unspecified atom stereocenters. The smallest absolute Gasteiger partial charge is 0.237 e. The number of nitrogens with zero attached hydrogens (tertiary/aromatic N) is 2. The van der Waals surface area contributed by atoms with Gasteiger partial charge < -0.3 is 5.32 Å². The van der Waals surface area contributed by atoms with Crippen LogP contribution in [0.3, 0.4) is 0 Å². The molecule has 1 aromatic carbocycles. The molecule has 0 fully saturated rings. The Morgan fingerprint density at radius 1 is 1.21 bits per heavy atom. The van der Waals surface area contributed by atoms with Gasteiger partial charge in [0, 0.05) is 16.0 Å². The first-order valence-electron chi connectivity index (χ1n) is 10.4. The molecule has 152 valence electrons. The molecule has 0 radical (unpaired) electrons. The molecule has 29 heavy (non-hydrogen) atoms. The summed E-state index contributed by atoms with van der Waals surface area (Å²) in [7, 11) is 0. The number of thiophene rings is 1. The highest BCUT2D eigenvalue weighted by Gasteiger charge is 2.25. The maximum Gasteiger partial charge on any atom is 0.237 e. The number of amides is 1. The lowest BCUT2D eigenvalue weighted by Crippen LogP contribution is -2.25. The number of anilines is 1. The van der Waals surface area contributed by atoms with Gasteiger partial charge in [0.2, 0.25) is 5.91 Å². The minimum Gasteiger partial charge on any atom is -0.325 e. The van der Waals surface area contributed by atoms with Crippen molar-refractivity contribution < 1.29 is 4.79 Å². The number of fused-ring (bicyclic) bond motifs is 3. The Kier molecular flexibility index (Phi) is 6.20. The Bertz CT molecular complexity index is 1030. The zero-order valence-corrected chi connectivity index (χ0v) is 18.8. The summed E-state index contributed by atoms with van der Waals surface area (Å²) in [4.78, 5) is 24.7. The summed E-state index contributed by atoms with van der Waals surface area (Å²) in [5.74, 6) is 0.402. The van der Waals surface area contributed by atoms with Gasteiger partial charge in [-0.05, 0) is 55.2 Å². The van der Waals surface area contributed by atoms with Gasteiger partial charge in [0.15, 0.2) is 0 Å². The Labute approximate surface area is 180 Å². The molecule has 1 amide bonds. The maximum atomic E-state index is 13.1. The highest BCUT2D eigenvalue weighted by molar-refractivity contribution is 8.00. The van der Waals surface area contributed by atoms with Crippen molar-refractivity contribution in [1.82, 2.24) is 9.97 Å². The van der Waals surface area contributed by atoms with E-state index in [1.54, 1.807) is 29.4 Å². The Morgan fingerprint density at radius 2 is 2.00 bits per heavy atom. The van der Waals surface area contributed by atoms with Gasteiger partial charge in [-0.15, -0.1) is 11.3 Å². The lowest BCUT2D eigenvalue weighted by Gasteiger charge is -2.18. The molecule has 0 saturated heterocycles. The van der Waals surface area contributed by atoms with E-state index in [0.717, 1.165) is 40.4 Å². The molecule has 4 nitrogen and oxygen atoms in total. The fourth-order valence-corrected chi connectivity index (χ4v) is 6.28. The summed E-state index contributed by atoms with van der Waals surface area (Å²) in [6.45, 7) is 6.36. The molecule has 1 atom stereocenters. The van der Waals surface area contributed by atoms with Crippen molar-refractivity contribution in [1.29, 1.82) is 0 Å². The molecule has 0 aliphatic heterocycles. The van der Waals surface area contributed by atoms with E-state index >= 15 is 0 Å². The second-order valence-electron chi connectivity index (χ2n) is 7.82. The Morgan fingerprint density at radius 3 is 2.79 bits per heavy atom. The molecule has 0 spiro atoms. The van der Waals surface area contributed by atoms with Crippen LogP contribution in [0.1, 0.15) is 62.0 Å². The average Bonchev–Trinajstić information content (AvgIpc) is 3.11. The fourth-order valence-electron chi connectivity index (χ4n) is 3.94. The number of carbonyl (C=O) groups excluding carboxylic acids is 1. The largest absolute Gasteiger partial charge is 0.325 e. The van der Waals surface area contributed by atoms with Crippen LogP contribution in [0.15, 0.2) is 35.6 Å². The van der Waals surface area contributed by atoms with Crippen LogP contribution in [0.2, 0.25) is 0 Å². The number of hydrogen-bond acceptors (Lipinski definition) is 5. The third kappa shape index (κ3) is 4.19. The van der Waals surface area contributed by atoms with Crippen LogP contribution >= 0.6 is 23.1 Å². The van der Waals surface area contributed by atoms with Gasteiger partial charge in [-0.1, -0.05) is 50.7 Å². The summed E-state index contributed by atoms with van der Waals surface area (Å²) >= 11 is 3.38. The zero-order valence-electron chi connectivity index (χ0n) is 17.2. The summed E-state index contributed by atoms with van der Waals surface area (Å²) in [5.41, 5.74) is 3.49. The van der Waals surface area contributed by atoms with E-state index in [9.17, 15) is 4.79 Å². The summed E-state index contributed by atoms with van der Waals surface area (Å²) in [6, 6.07) is 8.07. The molecular formula is C23H27N3OS2. The average molecular weight is 426 g/mol. The number of thioether (sulfide) groups is 1. The molecule has 3 aromatic rings. The van der Waals surface area contributed by atoms with Gasteiger partial charge >= 0.3 is 0 Å². The van der Waals surface area contributed by atoms with Crippen LogP contribution in [-0.2, 0) is 17.6 Å². The summed E-state index contributed by atoms with van der Waals surface area (Å²) in [6.07, 6.45) is 7.11. The van der Waals surface area contributed by atoms with E-state index in [1.807, 2.05) is 18.2 Å². The van der Waals surface area contributed by atoms with Crippen molar-refractivity contribution >= 4 is 44.9 Å². The van der Waals surface area contributed by atoms with Crippen molar-refractivity contribution in [2.24, 2.45) is 0 Å². The monoisotopic (exact) mass is 425 g/mol. The van der Waals surface area contributed by atoms with E-state index < -0.39 is 0 Å². The van der Waals surface area contributed by atoms with Gasteiger partial charge in [0.1, 0.15) is 16.2 Å². The van der Waals surface area contributed by atoms with E-state index in [-0.39, 0.29) is 11.2 Å². The highest BCUT2D eigenvalue weighted by Crippen LogP contribution is 2.40. The van der Waals surface area contributed by atoms with Crippen LogP contribution in [0.5, 0.6) is 0 Å². The van der Waals surface area contributed by atoms with Gasteiger partial charge in [0.25, 0.3) is 0 Å². The molecule has 1 aliphatic rings. The van der Waals surface area contributed by atoms with E-state index in [1.165, 1.54) is 28.7 Å². The molecule has 0 bridgehead atoms. The maximum absolute atomic E-state index is 13.1. The number of nitrogens with one attached hydrogen (secondary N) is 1. The Hall–Kier alpha value is -1.92. The third-order valence-electron chi connectivity index (χ3n) is 5.47. The lowest BCUT2D eigenvalue weighted by molar-refractivity contribution is -0.115. The van der Waals surface area contributed by atoms with Crippen molar-refractivity contribution in [3.63, 3.8) is 0 Å². The van der Waals surface area contributed by atoms with Crippen molar-refractivity contribution in [3.05, 3.63) is 46.6 Å².